The summed E-state index contributed by atoms with van der Waals surface area (Å²) >= 11 is 0. The molecule has 0 aliphatic rings. The number of nitrogens with zero attached hydrogens (tertiary/aromatic N) is 3. The van der Waals surface area contributed by atoms with Crippen molar-refractivity contribution in [2.75, 3.05) is 0 Å². The van der Waals surface area contributed by atoms with Crippen LogP contribution in [0.15, 0.2) is 188 Å². The number of hydrogen-bond donors (Lipinski definition) is 0. The predicted molar refractivity (Wildman–Crippen MR) is 207 cm³/mol. The van der Waals surface area contributed by atoms with Gasteiger partial charge in [0, 0.05) is 34.6 Å². The van der Waals surface area contributed by atoms with Crippen molar-refractivity contribution in [3.05, 3.63) is 188 Å². The van der Waals surface area contributed by atoms with E-state index < -0.39 is 0 Å². The number of fused-ring (bicyclic) bond motifs is 2. The zero-order valence-corrected chi connectivity index (χ0v) is 27.2. The zero-order chi connectivity index (χ0) is 33.3. The third kappa shape index (κ3) is 5.41. The molecule has 0 fully saturated rings. The van der Waals surface area contributed by atoms with Crippen LogP contribution in [-0.2, 0) is 0 Å². The molecule has 9 rings (SSSR count). The lowest BCUT2D eigenvalue weighted by molar-refractivity contribution is 1.18. The van der Waals surface area contributed by atoms with Crippen LogP contribution in [0.2, 0.25) is 0 Å². The lowest BCUT2D eigenvalue weighted by atomic mass is 9.85. The number of aromatic nitrogens is 3. The molecule has 2 aromatic heterocycles. The molecule has 0 aliphatic carbocycles. The summed E-state index contributed by atoms with van der Waals surface area (Å²) in [6.45, 7) is 0. The highest BCUT2D eigenvalue weighted by Crippen LogP contribution is 2.44. The third-order valence-electron chi connectivity index (χ3n) is 9.35. The van der Waals surface area contributed by atoms with Gasteiger partial charge in [0.05, 0.1) is 11.4 Å². The Balaban J connectivity index is 1.24. The van der Waals surface area contributed by atoms with Crippen LogP contribution >= 0.6 is 0 Å². The van der Waals surface area contributed by atoms with Gasteiger partial charge in [-0.2, -0.15) is 0 Å². The van der Waals surface area contributed by atoms with Crippen molar-refractivity contribution in [2.45, 2.75) is 0 Å². The van der Waals surface area contributed by atoms with E-state index in [0.717, 1.165) is 44.8 Å². The van der Waals surface area contributed by atoms with E-state index in [4.69, 9.17) is 9.97 Å². The van der Waals surface area contributed by atoms with Gasteiger partial charge < -0.3 is 0 Å². The molecule has 0 unspecified atom stereocenters. The van der Waals surface area contributed by atoms with Crippen LogP contribution in [0.25, 0.3) is 88.8 Å². The SMILES string of the molecule is c1ccc(-c2nc(-c3cccc(-c4cccnc4)c3)cc(-c3cccc(-c4c5ccccc5c(-c5ccccc5)c5ccccc45)c3)n2)cc1. The summed E-state index contributed by atoms with van der Waals surface area (Å²) in [4.78, 5) is 14.6. The smallest absolute Gasteiger partial charge is 0.160 e. The first-order valence-electron chi connectivity index (χ1n) is 16.9. The molecule has 2 heterocycles. The maximum absolute atomic E-state index is 5.17. The van der Waals surface area contributed by atoms with E-state index in [2.05, 4.69) is 157 Å². The molecule has 3 heteroatoms. The molecule has 0 radical (unpaired) electrons. The molecule has 7 aromatic carbocycles. The molecular formula is C47H31N3. The first-order valence-corrected chi connectivity index (χ1v) is 16.9. The van der Waals surface area contributed by atoms with Crippen molar-refractivity contribution in [1.82, 2.24) is 15.0 Å². The highest BCUT2D eigenvalue weighted by Gasteiger charge is 2.18. The Hall–Kier alpha value is -6.71. The molecule has 0 aliphatic heterocycles. The summed E-state index contributed by atoms with van der Waals surface area (Å²) in [5.74, 6) is 0.693. The molecule has 9 aromatic rings. The Bertz CT molecular complexity index is 2580. The second kappa shape index (κ2) is 12.7. The number of pyridine rings is 1. The molecule has 0 atom stereocenters. The number of benzene rings is 7. The summed E-state index contributed by atoms with van der Waals surface area (Å²) in [6, 6.07) is 62.0. The topological polar surface area (TPSA) is 38.7 Å². The zero-order valence-electron chi connectivity index (χ0n) is 27.2. The van der Waals surface area contributed by atoms with E-state index in [0.29, 0.717) is 5.82 Å². The molecular weight excluding hydrogens is 607 g/mol. The molecule has 3 nitrogen and oxygen atoms in total. The minimum Gasteiger partial charge on any atom is -0.264 e. The van der Waals surface area contributed by atoms with Crippen molar-refractivity contribution in [2.24, 2.45) is 0 Å². The van der Waals surface area contributed by atoms with Crippen molar-refractivity contribution in [3.63, 3.8) is 0 Å². The van der Waals surface area contributed by atoms with Crippen molar-refractivity contribution in [3.8, 4) is 67.3 Å². The minimum atomic E-state index is 0.693. The third-order valence-corrected chi connectivity index (χ3v) is 9.35. The standard InChI is InChI=1S/C47H31N3/c1-3-14-32(15-4-1)45-39-23-7-9-25-41(39)46(42-26-10-8-24-40(42)45)37-21-12-20-36(29-37)44-30-43(49-47(50-44)33-16-5-2-6-17-33)35-19-11-18-34(28-35)38-22-13-27-48-31-38/h1-31H. The van der Waals surface area contributed by atoms with E-state index in [1.165, 1.54) is 38.2 Å². The van der Waals surface area contributed by atoms with Crippen LogP contribution in [-0.4, -0.2) is 15.0 Å². The van der Waals surface area contributed by atoms with E-state index >= 15 is 0 Å². The number of hydrogen-bond acceptors (Lipinski definition) is 3. The first-order chi connectivity index (χ1) is 24.8. The summed E-state index contributed by atoms with van der Waals surface area (Å²) in [6.07, 6.45) is 3.69. The Labute approximate surface area is 291 Å². The largest absolute Gasteiger partial charge is 0.264 e. The fourth-order valence-electron chi connectivity index (χ4n) is 7.04. The Morgan fingerprint density at radius 1 is 0.300 bits per heavy atom. The van der Waals surface area contributed by atoms with Gasteiger partial charge in [-0.15, -0.1) is 0 Å². The highest BCUT2D eigenvalue weighted by molar-refractivity contribution is 6.21. The van der Waals surface area contributed by atoms with Crippen LogP contribution in [0.5, 0.6) is 0 Å². The van der Waals surface area contributed by atoms with Gasteiger partial charge in [0.25, 0.3) is 0 Å². The molecule has 0 amide bonds. The van der Waals surface area contributed by atoms with Gasteiger partial charge in [-0.3, -0.25) is 4.98 Å². The minimum absolute atomic E-state index is 0.693. The van der Waals surface area contributed by atoms with E-state index in [1.54, 1.807) is 6.20 Å². The summed E-state index contributed by atoms with van der Waals surface area (Å²) in [7, 11) is 0. The average molecular weight is 638 g/mol. The van der Waals surface area contributed by atoms with Gasteiger partial charge in [0.1, 0.15) is 0 Å². The lowest BCUT2D eigenvalue weighted by Gasteiger charge is -2.18. The van der Waals surface area contributed by atoms with Crippen LogP contribution in [0.1, 0.15) is 0 Å². The van der Waals surface area contributed by atoms with Gasteiger partial charge >= 0.3 is 0 Å². The Kier molecular flexibility index (Phi) is 7.49. The van der Waals surface area contributed by atoms with Gasteiger partial charge in [-0.1, -0.05) is 152 Å². The van der Waals surface area contributed by atoms with Crippen molar-refractivity contribution in [1.29, 1.82) is 0 Å². The van der Waals surface area contributed by atoms with Gasteiger partial charge in [0.2, 0.25) is 0 Å². The molecule has 0 N–H and O–H groups in total. The maximum Gasteiger partial charge on any atom is 0.160 e. The molecule has 0 spiro atoms. The molecule has 0 saturated heterocycles. The van der Waals surface area contributed by atoms with Gasteiger partial charge in [-0.25, -0.2) is 9.97 Å². The average Bonchev–Trinajstić information content (AvgIpc) is 3.21. The van der Waals surface area contributed by atoms with Crippen molar-refractivity contribution < 1.29 is 0 Å². The molecule has 0 saturated carbocycles. The first kappa shape index (κ1) is 29.4. The highest BCUT2D eigenvalue weighted by atomic mass is 14.9. The molecule has 50 heavy (non-hydrogen) atoms. The summed E-state index contributed by atoms with van der Waals surface area (Å²) in [5.41, 5.74) is 11.8. The quantitative estimate of drug-likeness (QED) is 0.170. The maximum atomic E-state index is 5.17. The Morgan fingerprint density at radius 3 is 1.30 bits per heavy atom. The van der Waals surface area contributed by atoms with Crippen molar-refractivity contribution >= 4 is 21.5 Å². The predicted octanol–water partition coefficient (Wildman–Crippen LogP) is 12.2. The van der Waals surface area contributed by atoms with E-state index in [-0.39, 0.29) is 0 Å². The van der Waals surface area contributed by atoms with Crippen LogP contribution in [0.4, 0.5) is 0 Å². The monoisotopic (exact) mass is 637 g/mol. The second-order valence-corrected chi connectivity index (χ2v) is 12.4. The Morgan fingerprint density at radius 2 is 0.740 bits per heavy atom. The van der Waals surface area contributed by atoms with E-state index in [1.807, 2.05) is 30.5 Å². The normalized spacial score (nSPS) is 11.2. The fourth-order valence-corrected chi connectivity index (χ4v) is 7.04. The van der Waals surface area contributed by atoms with Gasteiger partial charge in [0.15, 0.2) is 5.82 Å². The van der Waals surface area contributed by atoms with Crippen LogP contribution in [0.3, 0.4) is 0 Å². The summed E-state index contributed by atoms with van der Waals surface area (Å²) < 4.78 is 0. The van der Waals surface area contributed by atoms with Crippen LogP contribution < -0.4 is 0 Å². The summed E-state index contributed by atoms with van der Waals surface area (Å²) in [5, 5.41) is 4.93. The lowest BCUT2D eigenvalue weighted by Crippen LogP contribution is -1.96. The van der Waals surface area contributed by atoms with Crippen LogP contribution in [0, 0.1) is 0 Å². The van der Waals surface area contributed by atoms with Gasteiger partial charge in [-0.05, 0) is 73.6 Å². The fraction of sp³-hybridized carbons (Fsp3) is 0. The van der Waals surface area contributed by atoms with E-state index in [9.17, 15) is 0 Å². The second-order valence-electron chi connectivity index (χ2n) is 12.4. The molecule has 0 bridgehead atoms. The number of rotatable bonds is 6. The molecule has 234 valence electrons.